The molecule has 1 fully saturated rings. The molecule has 0 bridgehead atoms. The maximum absolute atomic E-state index is 12.9. The summed E-state index contributed by atoms with van der Waals surface area (Å²) in [5.41, 5.74) is 2.28. The summed E-state index contributed by atoms with van der Waals surface area (Å²) >= 11 is 0. The number of rotatable bonds is 4. The van der Waals surface area contributed by atoms with Crippen molar-refractivity contribution in [2.45, 2.75) is 19.4 Å². The number of piperidine rings is 1. The molecule has 4 aromatic carbocycles. The van der Waals surface area contributed by atoms with E-state index in [9.17, 15) is 4.79 Å². The van der Waals surface area contributed by atoms with Crippen LogP contribution in [-0.4, -0.2) is 23.9 Å². The normalized spacial score (nSPS) is 15.5. The molecule has 1 N–H and O–H groups in total. The molecule has 3 heteroatoms. The van der Waals surface area contributed by atoms with Crippen molar-refractivity contribution in [3.05, 3.63) is 90.5 Å². The fraction of sp³-hybridized carbons (Fsp3) is 0.222. The molecule has 0 spiro atoms. The van der Waals surface area contributed by atoms with Crippen LogP contribution in [0.2, 0.25) is 0 Å². The number of hydrogen-bond acceptors (Lipinski definition) is 2. The Morgan fingerprint density at radius 2 is 1.37 bits per heavy atom. The molecular weight excluding hydrogens is 368 g/mol. The van der Waals surface area contributed by atoms with Gasteiger partial charge in [0.15, 0.2) is 0 Å². The number of nitrogens with one attached hydrogen (secondary N) is 1. The smallest absolute Gasteiger partial charge is 0.227 e. The number of carbonyl (C=O) groups is 1. The van der Waals surface area contributed by atoms with Crippen molar-refractivity contribution in [2.24, 2.45) is 5.92 Å². The topological polar surface area (TPSA) is 32.3 Å². The minimum atomic E-state index is 0.0766. The Morgan fingerprint density at radius 1 is 0.767 bits per heavy atom. The average Bonchev–Trinajstić information content (AvgIpc) is 2.80. The second-order valence-corrected chi connectivity index (χ2v) is 8.20. The van der Waals surface area contributed by atoms with Crippen LogP contribution in [0.4, 0.5) is 5.69 Å². The van der Waals surface area contributed by atoms with Crippen LogP contribution in [0.5, 0.6) is 0 Å². The number of likely N-dealkylation sites (tertiary alicyclic amines) is 1. The molecule has 0 radical (unpaired) electrons. The Labute approximate surface area is 177 Å². The monoisotopic (exact) mass is 394 g/mol. The van der Waals surface area contributed by atoms with Gasteiger partial charge in [-0.1, -0.05) is 78.9 Å². The molecule has 1 heterocycles. The van der Waals surface area contributed by atoms with Crippen molar-refractivity contribution in [1.82, 2.24) is 4.90 Å². The van der Waals surface area contributed by atoms with Crippen molar-refractivity contribution in [3.8, 4) is 0 Å². The van der Waals surface area contributed by atoms with Crippen LogP contribution in [0.15, 0.2) is 84.9 Å². The van der Waals surface area contributed by atoms with Gasteiger partial charge in [0.25, 0.3) is 0 Å². The third-order valence-corrected chi connectivity index (χ3v) is 6.28. The molecule has 30 heavy (non-hydrogen) atoms. The van der Waals surface area contributed by atoms with Crippen LogP contribution in [0, 0.1) is 5.92 Å². The first-order valence-corrected chi connectivity index (χ1v) is 10.8. The first-order chi connectivity index (χ1) is 14.8. The van der Waals surface area contributed by atoms with Gasteiger partial charge in [-0.15, -0.1) is 0 Å². The van der Waals surface area contributed by atoms with Crippen LogP contribution in [0.1, 0.15) is 18.4 Å². The lowest BCUT2D eigenvalue weighted by molar-refractivity contribution is -0.121. The van der Waals surface area contributed by atoms with Crippen LogP contribution in [-0.2, 0) is 11.3 Å². The quantitative estimate of drug-likeness (QED) is 0.471. The zero-order valence-corrected chi connectivity index (χ0v) is 17.1. The molecule has 1 saturated heterocycles. The van der Waals surface area contributed by atoms with Gasteiger partial charge in [0, 0.05) is 23.5 Å². The largest absolute Gasteiger partial charge is 0.325 e. The maximum atomic E-state index is 12.9. The molecule has 0 saturated carbocycles. The van der Waals surface area contributed by atoms with Crippen LogP contribution in [0.3, 0.4) is 0 Å². The van der Waals surface area contributed by atoms with E-state index in [1.54, 1.807) is 0 Å². The molecule has 150 valence electrons. The molecule has 4 aromatic rings. The molecule has 1 aliphatic heterocycles. The number of benzene rings is 4. The highest BCUT2D eigenvalue weighted by Gasteiger charge is 2.25. The van der Waals surface area contributed by atoms with Crippen molar-refractivity contribution in [3.63, 3.8) is 0 Å². The predicted molar refractivity (Wildman–Crippen MR) is 125 cm³/mol. The van der Waals surface area contributed by atoms with Gasteiger partial charge >= 0.3 is 0 Å². The minimum Gasteiger partial charge on any atom is -0.325 e. The maximum Gasteiger partial charge on any atom is 0.227 e. The van der Waals surface area contributed by atoms with Crippen LogP contribution >= 0.6 is 0 Å². The summed E-state index contributed by atoms with van der Waals surface area (Å²) in [6, 6.07) is 29.4. The van der Waals surface area contributed by atoms with Crippen LogP contribution in [0.25, 0.3) is 21.5 Å². The Balaban J connectivity index is 1.23. The molecule has 1 amide bonds. The molecule has 0 aliphatic carbocycles. The van der Waals surface area contributed by atoms with Gasteiger partial charge in [-0.05, 0) is 53.7 Å². The van der Waals surface area contributed by atoms with Crippen LogP contribution < -0.4 is 5.32 Å². The van der Waals surface area contributed by atoms with Crippen molar-refractivity contribution < 1.29 is 4.79 Å². The predicted octanol–water partition coefficient (Wildman–Crippen LogP) is 5.84. The Bertz CT molecular complexity index is 1180. The van der Waals surface area contributed by atoms with Gasteiger partial charge in [-0.25, -0.2) is 0 Å². The van der Waals surface area contributed by atoms with E-state index in [0.29, 0.717) is 0 Å². The molecule has 1 aliphatic rings. The highest BCUT2D eigenvalue weighted by molar-refractivity contribution is 6.02. The Kier molecular flexibility index (Phi) is 5.20. The fourth-order valence-electron chi connectivity index (χ4n) is 4.59. The highest BCUT2D eigenvalue weighted by atomic mass is 16.1. The first-order valence-electron chi connectivity index (χ1n) is 10.8. The third kappa shape index (κ3) is 3.81. The van der Waals surface area contributed by atoms with E-state index in [0.717, 1.165) is 48.9 Å². The summed E-state index contributed by atoms with van der Waals surface area (Å²) in [5, 5.41) is 8.06. The average molecular weight is 395 g/mol. The number of hydrogen-bond donors (Lipinski definition) is 1. The fourth-order valence-corrected chi connectivity index (χ4v) is 4.59. The van der Waals surface area contributed by atoms with E-state index in [1.165, 1.54) is 16.3 Å². The molecule has 3 nitrogen and oxygen atoms in total. The van der Waals surface area contributed by atoms with E-state index in [4.69, 9.17) is 0 Å². The lowest BCUT2D eigenvalue weighted by Gasteiger charge is -2.31. The number of anilines is 1. The van der Waals surface area contributed by atoms with Gasteiger partial charge in [-0.2, -0.15) is 0 Å². The standard InChI is InChI=1S/C27H26N2O/c30-27(28-26-14-6-10-21-8-2-4-13-25(21)26)22-15-17-29(18-16-22)19-23-11-5-9-20-7-1-3-12-24(20)23/h1-14,22H,15-19H2,(H,28,30). The van der Waals surface area contributed by atoms with E-state index in [1.807, 2.05) is 24.3 Å². The van der Waals surface area contributed by atoms with E-state index >= 15 is 0 Å². The van der Waals surface area contributed by atoms with E-state index < -0.39 is 0 Å². The van der Waals surface area contributed by atoms with Crippen molar-refractivity contribution in [2.75, 3.05) is 18.4 Å². The van der Waals surface area contributed by atoms with Gasteiger partial charge in [0.1, 0.15) is 0 Å². The molecule has 0 atom stereocenters. The van der Waals surface area contributed by atoms with Gasteiger partial charge in [0.2, 0.25) is 5.91 Å². The Hall–Kier alpha value is -3.17. The summed E-state index contributed by atoms with van der Waals surface area (Å²) < 4.78 is 0. The minimum absolute atomic E-state index is 0.0766. The van der Waals surface area contributed by atoms with E-state index in [-0.39, 0.29) is 11.8 Å². The van der Waals surface area contributed by atoms with Crippen molar-refractivity contribution >= 4 is 33.1 Å². The summed E-state index contributed by atoms with van der Waals surface area (Å²) in [4.78, 5) is 15.4. The summed E-state index contributed by atoms with van der Waals surface area (Å²) in [7, 11) is 0. The third-order valence-electron chi connectivity index (χ3n) is 6.28. The molecule has 0 unspecified atom stereocenters. The zero-order chi connectivity index (χ0) is 20.3. The summed E-state index contributed by atoms with van der Waals surface area (Å²) in [6.07, 6.45) is 1.81. The first kappa shape index (κ1) is 18.8. The zero-order valence-electron chi connectivity index (χ0n) is 17.1. The summed E-state index contributed by atoms with van der Waals surface area (Å²) in [5.74, 6) is 0.226. The van der Waals surface area contributed by atoms with Gasteiger partial charge in [-0.3, -0.25) is 9.69 Å². The molecule has 5 rings (SSSR count). The Morgan fingerprint density at radius 3 is 2.13 bits per heavy atom. The number of amides is 1. The highest BCUT2D eigenvalue weighted by Crippen LogP contribution is 2.27. The SMILES string of the molecule is O=C(Nc1cccc2ccccc12)C1CCN(Cc2cccc3ccccc23)CC1. The lowest BCUT2D eigenvalue weighted by Crippen LogP contribution is -2.37. The second-order valence-electron chi connectivity index (χ2n) is 8.20. The van der Waals surface area contributed by atoms with Crippen molar-refractivity contribution in [1.29, 1.82) is 0 Å². The molecular formula is C27H26N2O. The number of fused-ring (bicyclic) bond motifs is 2. The number of nitrogens with zero attached hydrogens (tertiary/aromatic N) is 1. The molecule has 0 aromatic heterocycles. The van der Waals surface area contributed by atoms with Gasteiger partial charge < -0.3 is 5.32 Å². The second kappa shape index (κ2) is 8.29. The number of carbonyl (C=O) groups excluding carboxylic acids is 1. The van der Waals surface area contributed by atoms with Gasteiger partial charge in [0.05, 0.1) is 0 Å². The lowest BCUT2D eigenvalue weighted by atomic mass is 9.94. The van der Waals surface area contributed by atoms with E-state index in [2.05, 4.69) is 70.9 Å². The summed E-state index contributed by atoms with van der Waals surface area (Å²) in [6.45, 7) is 2.85.